The highest BCUT2D eigenvalue weighted by Gasteiger charge is 2.49. The van der Waals surface area contributed by atoms with Crippen molar-refractivity contribution in [2.45, 2.75) is 56.7 Å². The van der Waals surface area contributed by atoms with Crippen LogP contribution in [0.2, 0.25) is 5.02 Å². The number of carbonyl (C=O) groups excluding carboxylic acids is 1. The lowest BCUT2D eigenvalue weighted by atomic mass is 9.92. The molecule has 1 amide bonds. The van der Waals surface area contributed by atoms with Crippen LogP contribution in [0.25, 0.3) is 0 Å². The predicted molar refractivity (Wildman–Crippen MR) is 140 cm³/mol. The van der Waals surface area contributed by atoms with Gasteiger partial charge in [-0.25, -0.2) is 19.3 Å². The van der Waals surface area contributed by atoms with E-state index in [9.17, 15) is 19.4 Å². The summed E-state index contributed by atoms with van der Waals surface area (Å²) in [4.78, 5) is 25.9. The van der Waals surface area contributed by atoms with Crippen molar-refractivity contribution in [2.24, 2.45) is 18.9 Å². The first-order chi connectivity index (χ1) is 17.9. The summed E-state index contributed by atoms with van der Waals surface area (Å²) >= 11 is 5.86. The van der Waals surface area contributed by atoms with Gasteiger partial charge < -0.3 is 20.1 Å². The molecule has 2 aromatic heterocycles. The van der Waals surface area contributed by atoms with Gasteiger partial charge in [0.2, 0.25) is 0 Å². The molecule has 2 unspecified atom stereocenters. The number of benzene rings is 1. The van der Waals surface area contributed by atoms with Crippen LogP contribution in [0.3, 0.4) is 0 Å². The Kier molecular flexibility index (Phi) is 6.76. The molecule has 0 saturated heterocycles. The Balaban J connectivity index is 1.28. The quantitative estimate of drug-likeness (QED) is 0.431. The van der Waals surface area contributed by atoms with Gasteiger partial charge in [-0.1, -0.05) is 17.5 Å². The Morgan fingerprint density at radius 2 is 1.92 bits per heavy atom. The molecular weight excluding hydrogens is 509 g/mol. The number of nitrogens with zero attached hydrogens (tertiary/aromatic N) is 4. The van der Waals surface area contributed by atoms with E-state index < -0.39 is 17.0 Å². The minimum Gasteiger partial charge on any atom is -0.384 e. The summed E-state index contributed by atoms with van der Waals surface area (Å²) in [6.07, 6.45) is 5.65. The third kappa shape index (κ3) is 5.30. The molecule has 1 aromatic carbocycles. The molecule has 0 bridgehead atoms. The van der Waals surface area contributed by atoms with Crippen LogP contribution in [0.5, 0.6) is 0 Å². The molecule has 2 atom stereocenters. The fraction of sp³-hybridized carbons (Fsp3) is 0.429. The molecule has 2 heterocycles. The van der Waals surface area contributed by atoms with E-state index in [0.29, 0.717) is 35.6 Å². The van der Waals surface area contributed by atoms with Gasteiger partial charge in [-0.3, -0.25) is 4.79 Å². The molecule has 3 aromatic rings. The molecule has 2 aliphatic carbocycles. The first-order valence-corrected chi connectivity index (χ1v) is 12.9. The first-order valence-electron chi connectivity index (χ1n) is 12.5. The molecule has 198 valence electrons. The lowest BCUT2D eigenvalue weighted by Crippen LogP contribution is -2.24. The fourth-order valence-corrected chi connectivity index (χ4v) is 5.90. The molecule has 5 rings (SSSR count). The van der Waals surface area contributed by atoms with E-state index in [1.807, 2.05) is 0 Å². The monoisotopic (exact) mass is 537 g/mol. The second-order valence-electron chi connectivity index (χ2n) is 10.9. The zero-order valence-electron chi connectivity index (χ0n) is 21.4. The number of anilines is 1. The number of hydrogen-bond donors (Lipinski definition) is 3. The number of aromatic nitrogens is 4. The van der Waals surface area contributed by atoms with Crippen molar-refractivity contribution in [3.63, 3.8) is 0 Å². The Morgan fingerprint density at radius 3 is 2.58 bits per heavy atom. The number of halogens is 2. The maximum Gasteiger partial charge on any atom is 0.274 e. The van der Waals surface area contributed by atoms with Crippen molar-refractivity contribution in [1.82, 2.24) is 19.5 Å². The van der Waals surface area contributed by atoms with Crippen LogP contribution >= 0.6 is 11.6 Å². The van der Waals surface area contributed by atoms with Crippen molar-refractivity contribution in [3.8, 4) is 11.8 Å². The summed E-state index contributed by atoms with van der Waals surface area (Å²) in [6.45, 7) is 3.29. The predicted octanol–water partition coefficient (Wildman–Crippen LogP) is 4.17. The first kappa shape index (κ1) is 26.3. The summed E-state index contributed by atoms with van der Waals surface area (Å²) in [5.74, 6) is 5.69. The lowest BCUT2D eigenvalue weighted by Gasteiger charge is -2.19. The second-order valence-corrected chi connectivity index (χ2v) is 11.3. The van der Waals surface area contributed by atoms with Gasteiger partial charge in [0, 0.05) is 18.7 Å². The number of aryl methyl sites for hydroxylation is 1. The van der Waals surface area contributed by atoms with Crippen molar-refractivity contribution < 1.29 is 19.4 Å². The topological polar surface area (TPSA) is 113 Å². The van der Waals surface area contributed by atoms with Crippen molar-refractivity contribution in [3.05, 3.63) is 70.5 Å². The zero-order chi connectivity index (χ0) is 27.2. The SMILES string of the molecule is Cn1cnc(C2CC3CC(O)(C#Cc4cc(C(C)(C)O)ncn4)CC3C2)c1C(=O)Nc1ccc(F)c(Cl)c1. The number of amides is 1. The van der Waals surface area contributed by atoms with E-state index in [2.05, 4.69) is 32.1 Å². The molecule has 0 aliphatic heterocycles. The molecule has 2 fully saturated rings. The van der Waals surface area contributed by atoms with E-state index in [1.54, 1.807) is 37.9 Å². The summed E-state index contributed by atoms with van der Waals surface area (Å²) in [7, 11) is 1.77. The fourth-order valence-electron chi connectivity index (χ4n) is 5.72. The molecule has 3 N–H and O–H groups in total. The molecule has 2 saturated carbocycles. The van der Waals surface area contributed by atoms with Crippen LogP contribution in [0.1, 0.15) is 73.0 Å². The normalized spacial score (nSPS) is 24.6. The summed E-state index contributed by atoms with van der Waals surface area (Å²) in [5.41, 5.74) is 0.271. The summed E-state index contributed by atoms with van der Waals surface area (Å²) in [5, 5.41) is 24.1. The van der Waals surface area contributed by atoms with Crippen molar-refractivity contribution >= 4 is 23.2 Å². The van der Waals surface area contributed by atoms with Crippen molar-refractivity contribution in [1.29, 1.82) is 0 Å². The summed E-state index contributed by atoms with van der Waals surface area (Å²) < 4.78 is 15.2. The van der Waals surface area contributed by atoms with Gasteiger partial charge in [0.25, 0.3) is 5.91 Å². The maximum absolute atomic E-state index is 13.5. The number of rotatable bonds is 4. The Labute approximate surface area is 225 Å². The van der Waals surface area contributed by atoms with E-state index in [4.69, 9.17) is 11.6 Å². The van der Waals surface area contributed by atoms with Gasteiger partial charge in [0.05, 0.1) is 22.7 Å². The van der Waals surface area contributed by atoms with Gasteiger partial charge in [-0.05, 0) is 81.6 Å². The van der Waals surface area contributed by atoms with Gasteiger partial charge in [0.15, 0.2) is 0 Å². The van der Waals surface area contributed by atoms with E-state index in [1.165, 1.54) is 24.5 Å². The maximum atomic E-state index is 13.5. The van der Waals surface area contributed by atoms with E-state index >= 15 is 0 Å². The number of aliphatic hydroxyl groups is 2. The van der Waals surface area contributed by atoms with Gasteiger partial charge in [0.1, 0.15) is 34.7 Å². The molecule has 38 heavy (non-hydrogen) atoms. The van der Waals surface area contributed by atoms with Crippen molar-refractivity contribution in [2.75, 3.05) is 5.32 Å². The minimum atomic E-state index is -1.12. The molecule has 2 aliphatic rings. The van der Waals surface area contributed by atoms with Gasteiger partial charge in [-0.2, -0.15) is 0 Å². The number of nitrogens with one attached hydrogen (secondary N) is 1. The van der Waals surface area contributed by atoms with Crippen LogP contribution in [-0.4, -0.2) is 41.2 Å². The smallest absolute Gasteiger partial charge is 0.274 e. The number of imidazole rings is 1. The molecule has 0 spiro atoms. The highest BCUT2D eigenvalue weighted by Crippen LogP contribution is 2.53. The Bertz CT molecular complexity index is 1440. The average molecular weight is 538 g/mol. The minimum absolute atomic E-state index is 0.0652. The Hall–Kier alpha value is -3.32. The molecule has 8 nitrogen and oxygen atoms in total. The van der Waals surface area contributed by atoms with Crippen LogP contribution < -0.4 is 5.32 Å². The lowest BCUT2D eigenvalue weighted by molar-refractivity contribution is 0.0736. The highest BCUT2D eigenvalue weighted by molar-refractivity contribution is 6.31. The van der Waals surface area contributed by atoms with Crippen LogP contribution in [-0.2, 0) is 12.6 Å². The van der Waals surface area contributed by atoms with Crippen LogP contribution in [0.15, 0.2) is 36.9 Å². The highest BCUT2D eigenvalue weighted by atomic mass is 35.5. The molecule has 0 radical (unpaired) electrons. The average Bonchev–Trinajstić information content (AvgIpc) is 3.51. The Morgan fingerprint density at radius 1 is 1.21 bits per heavy atom. The van der Waals surface area contributed by atoms with Gasteiger partial charge >= 0.3 is 0 Å². The van der Waals surface area contributed by atoms with Gasteiger partial charge in [-0.15, -0.1) is 0 Å². The zero-order valence-corrected chi connectivity index (χ0v) is 22.1. The van der Waals surface area contributed by atoms with E-state index in [-0.39, 0.29) is 28.7 Å². The van der Waals surface area contributed by atoms with Crippen LogP contribution in [0, 0.1) is 29.5 Å². The summed E-state index contributed by atoms with van der Waals surface area (Å²) in [6, 6.07) is 5.68. The number of carbonyl (C=O) groups is 1. The van der Waals surface area contributed by atoms with Crippen LogP contribution in [0.4, 0.5) is 10.1 Å². The second kappa shape index (κ2) is 9.77. The largest absolute Gasteiger partial charge is 0.384 e. The number of hydrogen-bond acceptors (Lipinski definition) is 6. The number of fused-ring (bicyclic) bond motifs is 1. The third-order valence-corrected chi connectivity index (χ3v) is 7.79. The third-order valence-electron chi connectivity index (χ3n) is 7.50. The molecular formula is C28H29ClFN5O3. The molecule has 10 heteroatoms. The van der Waals surface area contributed by atoms with E-state index in [0.717, 1.165) is 18.5 Å². The standard InChI is InChI=1S/C28H29ClFN5O3/c1-27(2,37)23-11-19(31-14-32-23)6-7-28(38)12-17-8-16(9-18(17)13-28)24-25(35(3)15-33-24)26(36)34-20-4-5-22(30)21(29)10-20/h4-5,10-11,14-18,37-38H,8-9,12-13H2,1-3H3,(H,34,36).